The molecule has 0 saturated heterocycles. The van der Waals surface area contributed by atoms with E-state index in [1.54, 1.807) is 0 Å². The quantitative estimate of drug-likeness (QED) is 0.770. The van der Waals surface area contributed by atoms with Gasteiger partial charge in [0.25, 0.3) is 0 Å². The van der Waals surface area contributed by atoms with E-state index in [2.05, 4.69) is 36.1 Å². The maximum atomic E-state index is 5.78. The van der Waals surface area contributed by atoms with Crippen LogP contribution in [0.4, 0.5) is 5.69 Å². The average molecular weight is 190 g/mol. The summed E-state index contributed by atoms with van der Waals surface area (Å²) in [6, 6.07) is 9.20. The number of anilines is 1. The van der Waals surface area contributed by atoms with Crippen LogP contribution in [0.25, 0.3) is 0 Å². The van der Waals surface area contributed by atoms with Crippen molar-refractivity contribution in [2.75, 3.05) is 18.0 Å². The highest BCUT2D eigenvalue weighted by Gasteiger charge is 2.22. The van der Waals surface area contributed by atoms with Crippen molar-refractivity contribution < 1.29 is 0 Å². The first-order valence-electron chi connectivity index (χ1n) is 5.41. The Bertz CT molecular complexity index is 309. The smallest absolute Gasteiger partial charge is 0.0415 e. The number of rotatable bonds is 2. The fourth-order valence-corrected chi connectivity index (χ4v) is 2.35. The molecule has 0 radical (unpaired) electrons. The van der Waals surface area contributed by atoms with E-state index >= 15 is 0 Å². The maximum absolute atomic E-state index is 5.78. The third-order valence-corrected chi connectivity index (χ3v) is 3.10. The van der Waals surface area contributed by atoms with Crippen molar-refractivity contribution in [2.24, 2.45) is 5.73 Å². The Kier molecular flexibility index (Phi) is 2.73. The second-order valence-corrected chi connectivity index (χ2v) is 3.84. The summed E-state index contributed by atoms with van der Waals surface area (Å²) in [7, 11) is 0. The van der Waals surface area contributed by atoms with Gasteiger partial charge in [0, 0.05) is 24.8 Å². The number of hydrogen-bond acceptors (Lipinski definition) is 2. The summed E-state index contributed by atoms with van der Waals surface area (Å²) in [6.45, 7) is 4.02. The van der Waals surface area contributed by atoms with E-state index in [4.69, 9.17) is 5.73 Å². The van der Waals surface area contributed by atoms with E-state index in [0.29, 0.717) is 6.04 Å². The molecule has 0 aromatic heterocycles. The van der Waals surface area contributed by atoms with Gasteiger partial charge in [0.15, 0.2) is 0 Å². The summed E-state index contributed by atoms with van der Waals surface area (Å²) in [6.07, 6.45) is 2.37. The van der Waals surface area contributed by atoms with E-state index in [1.807, 2.05) is 0 Å². The lowest BCUT2D eigenvalue weighted by Crippen LogP contribution is -2.43. The van der Waals surface area contributed by atoms with Gasteiger partial charge in [0.05, 0.1) is 0 Å². The normalized spacial score (nSPS) is 20.7. The van der Waals surface area contributed by atoms with Gasteiger partial charge in [-0.25, -0.2) is 0 Å². The van der Waals surface area contributed by atoms with Gasteiger partial charge in [-0.2, -0.15) is 0 Å². The van der Waals surface area contributed by atoms with Gasteiger partial charge >= 0.3 is 0 Å². The van der Waals surface area contributed by atoms with E-state index in [0.717, 1.165) is 13.1 Å². The fourth-order valence-electron chi connectivity index (χ4n) is 2.35. The summed E-state index contributed by atoms with van der Waals surface area (Å²) >= 11 is 0. The van der Waals surface area contributed by atoms with Crippen molar-refractivity contribution >= 4 is 5.69 Å². The molecule has 1 heterocycles. The number of aryl methyl sites for hydroxylation is 1. The Morgan fingerprint density at radius 3 is 2.93 bits per heavy atom. The van der Waals surface area contributed by atoms with Crippen molar-refractivity contribution in [1.82, 2.24) is 0 Å². The molecule has 0 spiro atoms. The predicted octanol–water partition coefficient (Wildman–Crippen LogP) is 1.79. The Balaban J connectivity index is 2.34. The topological polar surface area (TPSA) is 29.3 Å². The van der Waals surface area contributed by atoms with Crippen LogP contribution in [-0.2, 0) is 6.42 Å². The molecule has 1 aliphatic heterocycles. The molecule has 0 aliphatic carbocycles. The molecule has 1 aliphatic rings. The van der Waals surface area contributed by atoms with Crippen LogP contribution in [0.15, 0.2) is 24.3 Å². The minimum absolute atomic E-state index is 0.537. The lowest BCUT2D eigenvalue weighted by atomic mass is 9.96. The predicted molar refractivity (Wildman–Crippen MR) is 60.6 cm³/mol. The van der Waals surface area contributed by atoms with Crippen LogP contribution in [0.2, 0.25) is 0 Å². The standard InChI is InChI=1S/C12H18N2/c1-2-14-11(9-13)8-7-10-5-3-4-6-12(10)14/h3-6,11H,2,7-9,13H2,1H3/t11-/m1/s1. The monoisotopic (exact) mass is 190 g/mol. The molecule has 0 fully saturated rings. The number of fused-ring (bicyclic) bond motifs is 1. The number of nitrogens with two attached hydrogens (primary N) is 1. The molecule has 1 aromatic carbocycles. The number of benzene rings is 1. The highest BCUT2D eigenvalue weighted by Crippen LogP contribution is 2.29. The van der Waals surface area contributed by atoms with Crippen LogP contribution in [0.5, 0.6) is 0 Å². The van der Waals surface area contributed by atoms with E-state index in [-0.39, 0.29) is 0 Å². The van der Waals surface area contributed by atoms with Crippen LogP contribution in [0.1, 0.15) is 18.9 Å². The first-order valence-corrected chi connectivity index (χ1v) is 5.41. The summed E-state index contributed by atoms with van der Waals surface area (Å²) in [4.78, 5) is 2.43. The Morgan fingerprint density at radius 2 is 2.21 bits per heavy atom. The molecule has 2 N–H and O–H groups in total. The van der Waals surface area contributed by atoms with Gasteiger partial charge in [-0.1, -0.05) is 18.2 Å². The third-order valence-electron chi connectivity index (χ3n) is 3.10. The van der Waals surface area contributed by atoms with Crippen molar-refractivity contribution in [2.45, 2.75) is 25.8 Å². The largest absolute Gasteiger partial charge is 0.367 e. The highest BCUT2D eigenvalue weighted by molar-refractivity contribution is 5.56. The SMILES string of the molecule is CCN1c2ccccc2CC[C@@H]1CN. The van der Waals surface area contributed by atoms with Gasteiger partial charge in [0.2, 0.25) is 0 Å². The van der Waals surface area contributed by atoms with E-state index in [9.17, 15) is 0 Å². The van der Waals surface area contributed by atoms with Gasteiger partial charge in [-0.15, -0.1) is 0 Å². The molecule has 2 nitrogen and oxygen atoms in total. The number of nitrogens with zero attached hydrogens (tertiary/aromatic N) is 1. The first kappa shape index (κ1) is 9.53. The van der Waals surface area contributed by atoms with Crippen molar-refractivity contribution in [3.8, 4) is 0 Å². The minimum Gasteiger partial charge on any atom is -0.367 e. The third kappa shape index (κ3) is 1.50. The summed E-state index contributed by atoms with van der Waals surface area (Å²) < 4.78 is 0. The Labute approximate surface area is 85.7 Å². The second kappa shape index (κ2) is 4.01. The maximum Gasteiger partial charge on any atom is 0.0415 e. The zero-order chi connectivity index (χ0) is 9.97. The number of likely N-dealkylation sites (N-methyl/N-ethyl adjacent to an activating group) is 1. The summed E-state index contributed by atoms with van der Waals surface area (Å²) in [5, 5.41) is 0. The lowest BCUT2D eigenvalue weighted by molar-refractivity contribution is 0.542. The van der Waals surface area contributed by atoms with Gasteiger partial charge in [-0.05, 0) is 31.4 Å². The van der Waals surface area contributed by atoms with Crippen LogP contribution >= 0.6 is 0 Å². The zero-order valence-electron chi connectivity index (χ0n) is 8.74. The Morgan fingerprint density at radius 1 is 1.43 bits per heavy atom. The molecule has 2 heteroatoms. The van der Waals surface area contributed by atoms with Crippen molar-refractivity contribution in [1.29, 1.82) is 0 Å². The van der Waals surface area contributed by atoms with Gasteiger partial charge in [-0.3, -0.25) is 0 Å². The Hall–Kier alpha value is -1.02. The van der Waals surface area contributed by atoms with Crippen LogP contribution < -0.4 is 10.6 Å². The van der Waals surface area contributed by atoms with Crippen molar-refractivity contribution in [3.63, 3.8) is 0 Å². The van der Waals surface area contributed by atoms with Crippen LogP contribution in [0, 0.1) is 0 Å². The average Bonchev–Trinajstić information content (AvgIpc) is 2.27. The fraction of sp³-hybridized carbons (Fsp3) is 0.500. The van der Waals surface area contributed by atoms with Gasteiger partial charge < -0.3 is 10.6 Å². The van der Waals surface area contributed by atoms with E-state index in [1.165, 1.54) is 24.1 Å². The van der Waals surface area contributed by atoms with Crippen molar-refractivity contribution in [3.05, 3.63) is 29.8 Å². The molecular weight excluding hydrogens is 172 g/mol. The molecule has 76 valence electrons. The molecule has 0 bridgehead atoms. The summed E-state index contributed by atoms with van der Waals surface area (Å²) in [5.74, 6) is 0. The zero-order valence-corrected chi connectivity index (χ0v) is 8.74. The molecule has 0 unspecified atom stereocenters. The lowest BCUT2D eigenvalue weighted by Gasteiger charge is -2.37. The van der Waals surface area contributed by atoms with Gasteiger partial charge in [0.1, 0.15) is 0 Å². The molecule has 1 aromatic rings. The second-order valence-electron chi connectivity index (χ2n) is 3.84. The molecule has 0 amide bonds. The first-order chi connectivity index (χ1) is 6.86. The highest BCUT2D eigenvalue weighted by atomic mass is 15.2. The molecule has 1 atom stereocenters. The van der Waals surface area contributed by atoms with Crippen LogP contribution in [-0.4, -0.2) is 19.1 Å². The molecular formula is C12H18N2. The minimum atomic E-state index is 0.537. The van der Waals surface area contributed by atoms with Crippen LogP contribution in [0.3, 0.4) is 0 Å². The number of para-hydroxylation sites is 1. The molecule has 14 heavy (non-hydrogen) atoms. The van der Waals surface area contributed by atoms with E-state index < -0.39 is 0 Å². The summed E-state index contributed by atoms with van der Waals surface area (Å²) in [5.41, 5.74) is 8.64. The molecule has 0 saturated carbocycles. The number of hydrogen-bond donors (Lipinski definition) is 1. The molecule has 2 rings (SSSR count).